The third-order valence-electron chi connectivity index (χ3n) is 2.64. The van der Waals surface area contributed by atoms with Crippen molar-refractivity contribution < 1.29 is 0 Å². The zero-order chi connectivity index (χ0) is 13.1. The summed E-state index contributed by atoms with van der Waals surface area (Å²) in [5.74, 6) is 0.884. The predicted molar refractivity (Wildman–Crippen MR) is 80.8 cm³/mol. The van der Waals surface area contributed by atoms with Gasteiger partial charge in [-0.2, -0.15) is 5.10 Å². The van der Waals surface area contributed by atoms with Crippen molar-refractivity contribution >= 4 is 33.4 Å². The summed E-state index contributed by atoms with van der Waals surface area (Å²) in [4.78, 5) is 1.10. The van der Waals surface area contributed by atoms with Gasteiger partial charge < -0.3 is 5.73 Å². The first-order valence-electron chi connectivity index (χ1n) is 5.81. The second-order valence-corrected chi connectivity index (χ2v) is 6.00. The molecule has 2 aromatic rings. The van der Waals surface area contributed by atoms with Crippen molar-refractivity contribution in [2.45, 2.75) is 31.0 Å². The average molecular weight is 326 g/mol. The molecule has 2 rings (SSSR count). The van der Waals surface area contributed by atoms with Gasteiger partial charge in [0.25, 0.3) is 0 Å². The number of hydrogen-bond acceptors (Lipinski definition) is 3. The van der Waals surface area contributed by atoms with E-state index in [1.807, 2.05) is 23.7 Å². The monoisotopic (exact) mass is 325 g/mol. The Morgan fingerprint density at radius 1 is 1.39 bits per heavy atom. The molecule has 0 radical (unpaired) electrons. The van der Waals surface area contributed by atoms with Crippen molar-refractivity contribution in [2.24, 2.45) is 0 Å². The Morgan fingerprint density at radius 2 is 2.17 bits per heavy atom. The molecule has 0 amide bonds. The second-order valence-electron chi connectivity index (χ2n) is 4.06. The van der Waals surface area contributed by atoms with Gasteiger partial charge in [0, 0.05) is 33.0 Å². The number of nitrogens with zero attached hydrogens (tertiary/aromatic N) is 2. The minimum absolute atomic E-state index is 0.822. The van der Waals surface area contributed by atoms with E-state index >= 15 is 0 Å². The fourth-order valence-corrected chi connectivity index (χ4v) is 3.27. The van der Waals surface area contributed by atoms with Gasteiger partial charge in [-0.25, -0.2) is 0 Å². The van der Waals surface area contributed by atoms with Crippen molar-refractivity contribution in [3.05, 3.63) is 40.1 Å². The lowest BCUT2D eigenvalue weighted by Gasteiger charge is -2.07. The van der Waals surface area contributed by atoms with Crippen LogP contribution < -0.4 is 5.73 Å². The highest BCUT2D eigenvalue weighted by atomic mass is 79.9. The van der Waals surface area contributed by atoms with Crippen molar-refractivity contribution in [3.8, 4) is 0 Å². The molecule has 1 heterocycles. The zero-order valence-corrected chi connectivity index (χ0v) is 12.9. The molecule has 0 spiro atoms. The van der Waals surface area contributed by atoms with Gasteiger partial charge in [0.1, 0.15) is 0 Å². The Morgan fingerprint density at radius 3 is 2.89 bits per heavy atom. The number of nitrogen functional groups attached to an aromatic ring is 1. The molecule has 0 bridgehead atoms. The smallest absolute Gasteiger partial charge is 0.0596 e. The first-order chi connectivity index (χ1) is 8.60. The maximum atomic E-state index is 5.97. The summed E-state index contributed by atoms with van der Waals surface area (Å²) in [5.41, 5.74) is 9.09. The Labute approximate surface area is 120 Å². The molecule has 0 aliphatic carbocycles. The van der Waals surface area contributed by atoms with Crippen molar-refractivity contribution in [1.82, 2.24) is 9.78 Å². The van der Waals surface area contributed by atoms with Gasteiger partial charge in [-0.3, -0.25) is 4.68 Å². The fourth-order valence-electron chi connectivity index (χ4n) is 1.77. The van der Waals surface area contributed by atoms with Gasteiger partial charge in [-0.05, 0) is 38.1 Å². The summed E-state index contributed by atoms with van der Waals surface area (Å²) in [5, 5.41) is 4.44. The van der Waals surface area contributed by atoms with E-state index in [1.165, 1.54) is 5.69 Å². The minimum atomic E-state index is 0.822. The number of rotatable bonds is 4. The quantitative estimate of drug-likeness (QED) is 0.686. The van der Waals surface area contributed by atoms with E-state index in [9.17, 15) is 0 Å². The lowest BCUT2D eigenvalue weighted by atomic mass is 10.3. The van der Waals surface area contributed by atoms with Crippen LogP contribution in [0.15, 0.2) is 33.6 Å². The summed E-state index contributed by atoms with van der Waals surface area (Å²) in [6.45, 7) is 5.03. The van der Waals surface area contributed by atoms with E-state index in [0.717, 1.165) is 33.0 Å². The summed E-state index contributed by atoms with van der Waals surface area (Å²) >= 11 is 5.21. The fraction of sp³-hybridized carbons (Fsp3) is 0.308. The third-order valence-corrected chi connectivity index (χ3v) is 4.23. The Hall–Kier alpha value is -0.940. The largest absolute Gasteiger partial charge is 0.398 e. The molecular formula is C13H16BrN3S. The Bertz CT molecular complexity index is 551. The van der Waals surface area contributed by atoms with E-state index in [-0.39, 0.29) is 0 Å². The zero-order valence-electron chi connectivity index (χ0n) is 10.5. The number of anilines is 1. The predicted octanol–water partition coefficient (Wildman–Crippen LogP) is 3.85. The minimum Gasteiger partial charge on any atom is -0.398 e. The Kier molecular flexibility index (Phi) is 4.35. The maximum Gasteiger partial charge on any atom is 0.0596 e. The molecule has 0 unspecified atom stereocenters. The van der Waals surface area contributed by atoms with Crippen molar-refractivity contribution in [1.29, 1.82) is 0 Å². The highest BCUT2D eigenvalue weighted by molar-refractivity contribution is 9.10. The standard InChI is InChI=1S/C13H16BrN3S/c1-3-17-11(6-9(2)16-17)8-18-13-7-10(14)4-5-12(13)15/h4-7H,3,8,15H2,1-2H3. The van der Waals surface area contributed by atoms with Crippen LogP contribution in [-0.2, 0) is 12.3 Å². The second kappa shape index (κ2) is 5.80. The van der Waals surface area contributed by atoms with Crippen LogP contribution in [0.2, 0.25) is 0 Å². The van der Waals surface area contributed by atoms with Crippen LogP contribution in [-0.4, -0.2) is 9.78 Å². The molecule has 0 aliphatic rings. The van der Waals surface area contributed by atoms with Crippen LogP contribution in [0, 0.1) is 6.92 Å². The topological polar surface area (TPSA) is 43.8 Å². The molecule has 96 valence electrons. The highest BCUT2D eigenvalue weighted by Gasteiger charge is 2.06. The first kappa shape index (κ1) is 13.5. The van der Waals surface area contributed by atoms with Gasteiger partial charge in [-0.15, -0.1) is 11.8 Å². The summed E-state index contributed by atoms with van der Waals surface area (Å²) in [7, 11) is 0. The molecule has 0 atom stereocenters. The van der Waals surface area contributed by atoms with E-state index in [1.54, 1.807) is 11.8 Å². The SMILES string of the molecule is CCn1nc(C)cc1CSc1cc(Br)ccc1N. The average Bonchev–Trinajstić information content (AvgIpc) is 2.71. The molecule has 2 N–H and O–H groups in total. The van der Waals surface area contributed by atoms with Crippen LogP contribution in [0.4, 0.5) is 5.69 Å². The van der Waals surface area contributed by atoms with Gasteiger partial charge >= 0.3 is 0 Å². The first-order valence-corrected chi connectivity index (χ1v) is 7.59. The van der Waals surface area contributed by atoms with Crippen LogP contribution in [0.25, 0.3) is 0 Å². The molecular weight excluding hydrogens is 310 g/mol. The van der Waals surface area contributed by atoms with E-state index in [4.69, 9.17) is 5.73 Å². The van der Waals surface area contributed by atoms with Gasteiger partial charge in [-0.1, -0.05) is 15.9 Å². The number of halogens is 1. The molecule has 3 nitrogen and oxygen atoms in total. The summed E-state index contributed by atoms with van der Waals surface area (Å²) in [6.07, 6.45) is 0. The van der Waals surface area contributed by atoms with Gasteiger partial charge in [0.2, 0.25) is 0 Å². The molecule has 0 fully saturated rings. The van der Waals surface area contributed by atoms with E-state index in [0.29, 0.717) is 0 Å². The van der Waals surface area contributed by atoms with Crippen molar-refractivity contribution in [2.75, 3.05) is 5.73 Å². The summed E-state index contributed by atoms with van der Waals surface area (Å²) < 4.78 is 3.09. The van der Waals surface area contributed by atoms with E-state index < -0.39 is 0 Å². The number of nitrogens with two attached hydrogens (primary N) is 1. The normalized spacial score (nSPS) is 10.8. The highest BCUT2D eigenvalue weighted by Crippen LogP contribution is 2.30. The van der Waals surface area contributed by atoms with E-state index in [2.05, 4.69) is 40.1 Å². The number of aromatic nitrogens is 2. The van der Waals surface area contributed by atoms with Crippen LogP contribution in [0.3, 0.4) is 0 Å². The lowest BCUT2D eigenvalue weighted by Crippen LogP contribution is -2.01. The van der Waals surface area contributed by atoms with Gasteiger partial charge in [0.15, 0.2) is 0 Å². The van der Waals surface area contributed by atoms with Crippen molar-refractivity contribution in [3.63, 3.8) is 0 Å². The maximum absolute atomic E-state index is 5.97. The molecule has 0 aliphatic heterocycles. The molecule has 18 heavy (non-hydrogen) atoms. The van der Waals surface area contributed by atoms with Crippen LogP contribution >= 0.6 is 27.7 Å². The number of thioether (sulfide) groups is 1. The number of hydrogen-bond donors (Lipinski definition) is 1. The molecule has 1 aromatic heterocycles. The Balaban J connectivity index is 2.13. The molecule has 1 aromatic carbocycles. The molecule has 0 saturated carbocycles. The van der Waals surface area contributed by atoms with Crippen LogP contribution in [0.1, 0.15) is 18.3 Å². The summed E-state index contributed by atoms with van der Waals surface area (Å²) in [6, 6.07) is 8.07. The third kappa shape index (κ3) is 3.09. The number of benzene rings is 1. The molecule has 5 heteroatoms. The van der Waals surface area contributed by atoms with Gasteiger partial charge in [0.05, 0.1) is 5.69 Å². The lowest BCUT2D eigenvalue weighted by molar-refractivity contribution is 0.632. The molecule has 0 saturated heterocycles. The number of aryl methyl sites for hydroxylation is 2. The van der Waals surface area contributed by atoms with Crippen LogP contribution in [0.5, 0.6) is 0 Å².